The largest absolute Gasteiger partial charge is 0.508 e. The highest BCUT2D eigenvalue weighted by Gasteiger charge is 2.33. The lowest BCUT2D eigenvalue weighted by atomic mass is 10.0. The Morgan fingerprint density at radius 3 is 1.89 bits per heavy atom. The number of hydrogen-bond acceptors (Lipinski definition) is 9. The maximum Gasteiger partial charge on any atom is 0.326 e. The predicted molar refractivity (Wildman–Crippen MR) is 121 cm³/mol. The highest BCUT2D eigenvalue weighted by Crippen LogP contribution is 2.11. The quantitative estimate of drug-likeness (QED) is 0.118. The van der Waals surface area contributed by atoms with Gasteiger partial charge in [-0.05, 0) is 31.0 Å². The van der Waals surface area contributed by atoms with E-state index in [1.165, 1.54) is 24.3 Å². The molecule has 0 spiro atoms. The molecule has 15 heteroatoms. The Morgan fingerprint density at radius 1 is 0.861 bits per heavy atom. The maximum absolute atomic E-state index is 12.7. The van der Waals surface area contributed by atoms with Crippen LogP contribution in [-0.2, 0) is 35.2 Å². The average molecular weight is 511 g/mol. The third kappa shape index (κ3) is 9.94. The van der Waals surface area contributed by atoms with Gasteiger partial charge < -0.3 is 47.8 Å². The Balaban J connectivity index is 2.94. The summed E-state index contributed by atoms with van der Waals surface area (Å²) >= 11 is 0. The number of nitrogens with one attached hydrogen (secondary N) is 3. The molecule has 0 saturated heterocycles. The first-order valence-electron chi connectivity index (χ1n) is 10.6. The van der Waals surface area contributed by atoms with E-state index in [1.54, 1.807) is 0 Å². The van der Waals surface area contributed by atoms with Crippen LogP contribution in [0, 0.1) is 0 Å². The van der Waals surface area contributed by atoms with Crippen molar-refractivity contribution in [1.82, 2.24) is 16.0 Å². The van der Waals surface area contributed by atoms with Crippen LogP contribution in [0.5, 0.6) is 5.75 Å². The van der Waals surface area contributed by atoms with Crippen LogP contribution in [-0.4, -0.2) is 86.3 Å². The SMILES string of the molecule is CC(O)C(NC(=O)C(N)Cc1ccc(O)cc1)C(=O)NC(CC(N)=O)C(=O)NC(CC(=O)O)C(=O)O. The molecule has 36 heavy (non-hydrogen) atoms. The summed E-state index contributed by atoms with van der Waals surface area (Å²) in [6, 6.07) is -0.571. The number of aliphatic hydroxyl groups excluding tert-OH is 1. The molecule has 4 amide bonds. The number of carbonyl (C=O) groups excluding carboxylic acids is 4. The number of primary amides is 1. The van der Waals surface area contributed by atoms with E-state index in [1.807, 2.05) is 5.32 Å². The van der Waals surface area contributed by atoms with Crippen LogP contribution in [0.2, 0.25) is 0 Å². The molecule has 0 radical (unpaired) electrons. The van der Waals surface area contributed by atoms with Gasteiger partial charge in [0.1, 0.15) is 23.9 Å². The summed E-state index contributed by atoms with van der Waals surface area (Å²) in [7, 11) is 0. The molecule has 0 saturated carbocycles. The molecule has 0 bridgehead atoms. The van der Waals surface area contributed by atoms with Crippen molar-refractivity contribution < 1.29 is 49.2 Å². The van der Waals surface area contributed by atoms with Gasteiger partial charge in [0.25, 0.3) is 0 Å². The minimum absolute atomic E-state index is 0.00907. The van der Waals surface area contributed by atoms with Gasteiger partial charge in [-0.2, -0.15) is 0 Å². The molecule has 1 rings (SSSR count). The molecule has 15 nitrogen and oxygen atoms in total. The number of amides is 4. The summed E-state index contributed by atoms with van der Waals surface area (Å²) in [5.74, 6) is -7.45. The van der Waals surface area contributed by atoms with Crippen LogP contribution in [0.25, 0.3) is 0 Å². The van der Waals surface area contributed by atoms with Gasteiger partial charge in [0.15, 0.2) is 0 Å². The Bertz CT molecular complexity index is 982. The highest BCUT2D eigenvalue weighted by molar-refractivity contribution is 5.96. The van der Waals surface area contributed by atoms with Crippen molar-refractivity contribution in [2.24, 2.45) is 11.5 Å². The van der Waals surface area contributed by atoms with E-state index in [2.05, 4.69) is 10.6 Å². The summed E-state index contributed by atoms with van der Waals surface area (Å²) in [6.07, 6.45) is -3.25. The number of rotatable bonds is 14. The summed E-state index contributed by atoms with van der Waals surface area (Å²) in [4.78, 5) is 71.1. The van der Waals surface area contributed by atoms with Gasteiger partial charge in [-0.3, -0.25) is 24.0 Å². The minimum atomic E-state index is -1.87. The number of nitrogens with two attached hydrogens (primary N) is 2. The summed E-state index contributed by atoms with van der Waals surface area (Å²) in [5, 5.41) is 43.4. The van der Waals surface area contributed by atoms with Crippen LogP contribution < -0.4 is 27.4 Å². The summed E-state index contributed by atoms with van der Waals surface area (Å²) in [5.41, 5.74) is 11.5. The van der Waals surface area contributed by atoms with Gasteiger partial charge in [0, 0.05) is 0 Å². The van der Waals surface area contributed by atoms with E-state index in [4.69, 9.17) is 21.7 Å². The zero-order valence-corrected chi connectivity index (χ0v) is 19.2. The van der Waals surface area contributed by atoms with E-state index < -0.39 is 78.7 Å². The van der Waals surface area contributed by atoms with Gasteiger partial charge in [-0.1, -0.05) is 12.1 Å². The molecule has 0 aliphatic carbocycles. The number of carboxylic acid groups (broad SMARTS) is 2. The van der Waals surface area contributed by atoms with E-state index in [9.17, 15) is 39.0 Å². The number of phenolic OH excluding ortho intramolecular Hbond substituents is 1. The zero-order chi connectivity index (χ0) is 27.6. The first-order chi connectivity index (χ1) is 16.7. The first-order valence-corrected chi connectivity index (χ1v) is 10.6. The van der Waals surface area contributed by atoms with Gasteiger partial charge in [0.2, 0.25) is 23.6 Å². The number of benzene rings is 1. The van der Waals surface area contributed by atoms with E-state index >= 15 is 0 Å². The Morgan fingerprint density at radius 2 is 1.42 bits per heavy atom. The summed E-state index contributed by atoms with van der Waals surface area (Å²) < 4.78 is 0. The molecule has 1 aromatic rings. The van der Waals surface area contributed by atoms with Crippen LogP contribution in [0.1, 0.15) is 25.3 Å². The van der Waals surface area contributed by atoms with Gasteiger partial charge in [-0.25, -0.2) is 4.79 Å². The zero-order valence-electron chi connectivity index (χ0n) is 19.2. The lowest BCUT2D eigenvalue weighted by Crippen LogP contribution is -2.60. The second-order valence-electron chi connectivity index (χ2n) is 7.93. The van der Waals surface area contributed by atoms with Crippen molar-refractivity contribution in [3.05, 3.63) is 29.8 Å². The number of aromatic hydroxyl groups is 1. The second-order valence-corrected chi connectivity index (χ2v) is 7.93. The number of aliphatic hydroxyl groups is 1. The predicted octanol–water partition coefficient (Wildman–Crippen LogP) is -3.47. The number of carboxylic acids is 2. The summed E-state index contributed by atoms with van der Waals surface area (Å²) in [6.45, 7) is 1.16. The van der Waals surface area contributed by atoms with Crippen molar-refractivity contribution in [2.75, 3.05) is 0 Å². The molecule has 0 aliphatic rings. The van der Waals surface area contributed by atoms with Crippen molar-refractivity contribution >= 4 is 35.6 Å². The Hall–Kier alpha value is -4.24. The topological polar surface area (TPSA) is 271 Å². The monoisotopic (exact) mass is 511 g/mol. The molecule has 198 valence electrons. The molecule has 0 heterocycles. The van der Waals surface area contributed by atoms with Crippen LogP contribution >= 0.6 is 0 Å². The molecule has 0 aromatic heterocycles. The van der Waals surface area contributed by atoms with Crippen molar-refractivity contribution in [3.63, 3.8) is 0 Å². The molecular weight excluding hydrogens is 482 g/mol. The van der Waals surface area contributed by atoms with E-state index in [0.717, 1.165) is 6.92 Å². The third-order valence-corrected chi connectivity index (χ3v) is 4.82. The van der Waals surface area contributed by atoms with Crippen molar-refractivity contribution in [3.8, 4) is 5.75 Å². The molecule has 5 atom stereocenters. The van der Waals surface area contributed by atoms with Crippen LogP contribution in [0.3, 0.4) is 0 Å². The second kappa shape index (κ2) is 13.6. The molecule has 1 aromatic carbocycles. The molecule has 11 N–H and O–H groups in total. The molecule has 0 fully saturated rings. The number of carbonyl (C=O) groups is 6. The normalized spacial score (nSPS) is 14.9. The van der Waals surface area contributed by atoms with Gasteiger partial charge in [0.05, 0.1) is 25.0 Å². The Labute approximate surface area is 204 Å². The van der Waals surface area contributed by atoms with Crippen molar-refractivity contribution in [1.29, 1.82) is 0 Å². The number of hydrogen-bond donors (Lipinski definition) is 9. The lowest BCUT2D eigenvalue weighted by Gasteiger charge is -2.26. The number of aliphatic carboxylic acids is 2. The fourth-order valence-electron chi connectivity index (χ4n) is 2.96. The van der Waals surface area contributed by atoms with Gasteiger partial charge >= 0.3 is 11.9 Å². The highest BCUT2D eigenvalue weighted by atomic mass is 16.4. The van der Waals surface area contributed by atoms with Crippen LogP contribution in [0.15, 0.2) is 24.3 Å². The average Bonchev–Trinajstić information content (AvgIpc) is 2.76. The molecule has 5 unspecified atom stereocenters. The molecule has 0 aliphatic heterocycles. The Kier molecular flexibility index (Phi) is 11.3. The first kappa shape index (κ1) is 29.8. The van der Waals surface area contributed by atoms with Crippen molar-refractivity contribution in [2.45, 2.75) is 56.5 Å². The smallest absolute Gasteiger partial charge is 0.326 e. The van der Waals surface area contributed by atoms with E-state index in [-0.39, 0.29) is 12.2 Å². The van der Waals surface area contributed by atoms with Gasteiger partial charge in [-0.15, -0.1) is 0 Å². The fraction of sp³-hybridized carbons (Fsp3) is 0.429. The molecular formula is C21H29N5O10. The third-order valence-electron chi connectivity index (χ3n) is 4.82. The number of phenols is 1. The van der Waals surface area contributed by atoms with Crippen LogP contribution in [0.4, 0.5) is 0 Å². The lowest BCUT2D eigenvalue weighted by molar-refractivity contribution is -0.147. The minimum Gasteiger partial charge on any atom is -0.508 e. The van der Waals surface area contributed by atoms with E-state index in [0.29, 0.717) is 5.56 Å². The maximum atomic E-state index is 12.7. The fourth-order valence-corrected chi connectivity index (χ4v) is 2.96. The standard InChI is InChI=1S/C21H29N5O10/c1-9(27)17(26-18(32)12(22)6-10-2-4-11(28)5-3-10)20(34)24-13(7-15(23)29)19(33)25-14(21(35)36)8-16(30)31/h2-5,9,12-14,17,27-28H,6-8,22H2,1H3,(H2,23,29)(H,24,34)(H,25,33)(H,26,32)(H,30,31)(H,35,36).